The molecule has 0 aromatic heterocycles. The summed E-state index contributed by atoms with van der Waals surface area (Å²) in [4.78, 5) is 0. The minimum absolute atomic E-state index is 0.106. The van der Waals surface area contributed by atoms with Gasteiger partial charge in [-0.05, 0) is 67.4 Å². The molecule has 0 saturated heterocycles. The molecule has 0 nitrogen and oxygen atoms in total. The van der Waals surface area contributed by atoms with Crippen LogP contribution >= 0.6 is 0 Å². The summed E-state index contributed by atoms with van der Waals surface area (Å²) < 4.78 is 0. The zero-order valence-corrected chi connectivity index (χ0v) is 22.7. The number of benzene rings is 2. The maximum atomic E-state index is 2.42. The fourth-order valence-electron chi connectivity index (χ4n) is 4.78. The van der Waals surface area contributed by atoms with Crippen molar-refractivity contribution in [3.05, 3.63) is 69.8 Å². The highest BCUT2D eigenvalue weighted by Crippen LogP contribution is 2.42. The fraction of sp³-hybridized carbons (Fsp3) is 0.613. The SMILES string of the molecule is CC(Cc1c(C(C)(C)C)ccc(C(C)(C)C)c1C(C)(C)C)c1ccc(C(C)(C)C)cc1. The predicted molar refractivity (Wildman–Crippen MR) is 140 cm³/mol. The van der Waals surface area contributed by atoms with Crippen LogP contribution in [0.3, 0.4) is 0 Å². The van der Waals surface area contributed by atoms with Gasteiger partial charge in [-0.2, -0.15) is 0 Å². The fourth-order valence-corrected chi connectivity index (χ4v) is 4.78. The lowest BCUT2D eigenvalue weighted by Crippen LogP contribution is -2.27. The third kappa shape index (κ3) is 6.03. The van der Waals surface area contributed by atoms with Gasteiger partial charge >= 0.3 is 0 Å². The molecular formula is C31H48. The van der Waals surface area contributed by atoms with E-state index in [1.807, 2.05) is 0 Å². The molecule has 1 atom stereocenters. The van der Waals surface area contributed by atoms with Crippen molar-refractivity contribution in [1.29, 1.82) is 0 Å². The lowest BCUT2D eigenvalue weighted by Gasteiger charge is -2.37. The summed E-state index contributed by atoms with van der Waals surface area (Å²) in [6.45, 7) is 30.6. The quantitative estimate of drug-likeness (QED) is 0.464. The van der Waals surface area contributed by atoms with Crippen molar-refractivity contribution < 1.29 is 0 Å². The van der Waals surface area contributed by atoms with E-state index in [0.717, 1.165) is 6.42 Å². The molecule has 0 aliphatic rings. The molecule has 0 saturated carbocycles. The van der Waals surface area contributed by atoms with Gasteiger partial charge < -0.3 is 0 Å². The first-order valence-electron chi connectivity index (χ1n) is 12.1. The second-order valence-corrected chi connectivity index (χ2v) is 13.7. The lowest BCUT2D eigenvalue weighted by molar-refractivity contribution is 0.510. The van der Waals surface area contributed by atoms with Crippen molar-refractivity contribution >= 4 is 0 Å². The molecule has 2 aromatic carbocycles. The van der Waals surface area contributed by atoms with E-state index in [9.17, 15) is 0 Å². The van der Waals surface area contributed by atoms with Crippen LogP contribution in [0, 0.1) is 0 Å². The number of hydrogen-bond donors (Lipinski definition) is 0. The minimum atomic E-state index is 0.106. The van der Waals surface area contributed by atoms with Crippen LogP contribution in [0.25, 0.3) is 0 Å². The topological polar surface area (TPSA) is 0 Å². The molecule has 31 heavy (non-hydrogen) atoms. The van der Waals surface area contributed by atoms with Crippen LogP contribution in [-0.4, -0.2) is 0 Å². The first-order valence-corrected chi connectivity index (χ1v) is 12.1. The number of rotatable bonds is 3. The third-order valence-corrected chi connectivity index (χ3v) is 6.53. The smallest absolute Gasteiger partial charge is 0.0126 e. The van der Waals surface area contributed by atoms with E-state index in [4.69, 9.17) is 0 Å². The Hall–Kier alpha value is -1.56. The third-order valence-electron chi connectivity index (χ3n) is 6.53. The second kappa shape index (κ2) is 8.42. The first-order chi connectivity index (χ1) is 13.8. The molecular weight excluding hydrogens is 372 g/mol. The summed E-state index contributed by atoms with van der Waals surface area (Å²) in [5, 5.41) is 0. The van der Waals surface area contributed by atoms with E-state index in [2.05, 4.69) is 126 Å². The zero-order chi connectivity index (χ0) is 24.0. The van der Waals surface area contributed by atoms with Gasteiger partial charge in [-0.25, -0.2) is 0 Å². The Morgan fingerprint density at radius 3 is 1.39 bits per heavy atom. The molecule has 1 unspecified atom stereocenters. The van der Waals surface area contributed by atoms with Gasteiger partial charge in [0.2, 0.25) is 0 Å². The minimum Gasteiger partial charge on any atom is -0.0585 e. The van der Waals surface area contributed by atoms with Crippen molar-refractivity contribution in [2.75, 3.05) is 0 Å². The Kier molecular flexibility index (Phi) is 6.98. The van der Waals surface area contributed by atoms with Crippen LogP contribution < -0.4 is 0 Å². The van der Waals surface area contributed by atoms with E-state index in [1.54, 1.807) is 11.1 Å². The van der Waals surface area contributed by atoms with Crippen molar-refractivity contribution in [2.24, 2.45) is 0 Å². The van der Waals surface area contributed by atoms with Crippen molar-refractivity contribution in [3.8, 4) is 0 Å². The van der Waals surface area contributed by atoms with Gasteiger partial charge in [-0.1, -0.05) is 126 Å². The summed E-state index contributed by atoms with van der Waals surface area (Å²) >= 11 is 0. The maximum absolute atomic E-state index is 2.42. The van der Waals surface area contributed by atoms with Gasteiger partial charge in [0.1, 0.15) is 0 Å². The molecule has 0 amide bonds. The molecule has 0 heterocycles. The van der Waals surface area contributed by atoms with Crippen LogP contribution in [0.5, 0.6) is 0 Å². The van der Waals surface area contributed by atoms with E-state index in [0.29, 0.717) is 5.92 Å². The predicted octanol–water partition coefficient (Wildman–Crippen LogP) is 9.22. The highest BCUT2D eigenvalue weighted by atomic mass is 14.4. The summed E-state index contributed by atoms with van der Waals surface area (Å²) in [7, 11) is 0. The normalized spacial score (nSPS) is 14.6. The molecule has 172 valence electrons. The maximum Gasteiger partial charge on any atom is -0.0126 e. The standard InChI is InChI=1S/C31H48/c1-21(22-14-16-23(17-15-22)28(2,3)4)20-24-25(29(5,6)7)18-19-26(30(8,9)10)27(24)31(11,12)13/h14-19,21H,20H2,1-13H3. The van der Waals surface area contributed by atoms with E-state index >= 15 is 0 Å². The van der Waals surface area contributed by atoms with Gasteiger partial charge in [-0.15, -0.1) is 0 Å². The van der Waals surface area contributed by atoms with Gasteiger partial charge in [-0.3, -0.25) is 0 Å². The Bertz CT molecular complexity index is 882. The van der Waals surface area contributed by atoms with E-state index in [-0.39, 0.29) is 21.7 Å². The molecule has 0 N–H and O–H groups in total. The lowest BCUT2D eigenvalue weighted by atomic mass is 9.68. The van der Waals surface area contributed by atoms with Crippen LogP contribution in [0.4, 0.5) is 0 Å². The molecule has 2 rings (SSSR count). The number of hydrogen-bond acceptors (Lipinski definition) is 0. The summed E-state index contributed by atoms with van der Waals surface area (Å²) in [6, 6.07) is 14.2. The van der Waals surface area contributed by atoms with Crippen LogP contribution in [0.15, 0.2) is 36.4 Å². The summed E-state index contributed by atoms with van der Waals surface area (Å²) in [5.41, 5.74) is 9.54. The van der Waals surface area contributed by atoms with Gasteiger partial charge in [0.15, 0.2) is 0 Å². The van der Waals surface area contributed by atoms with Crippen molar-refractivity contribution in [3.63, 3.8) is 0 Å². The average molecular weight is 421 g/mol. The molecule has 0 aliphatic carbocycles. The highest BCUT2D eigenvalue weighted by Gasteiger charge is 2.32. The first kappa shape index (κ1) is 25.7. The molecule has 2 aromatic rings. The molecule has 0 bridgehead atoms. The van der Waals surface area contributed by atoms with Gasteiger partial charge in [0.05, 0.1) is 0 Å². The van der Waals surface area contributed by atoms with Gasteiger partial charge in [0.25, 0.3) is 0 Å². The van der Waals surface area contributed by atoms with Crippen molar-refractivity contribution in [1.82, 2.24) is 0 Å². The van der Waals surface area contributed by atoms with Gasteiger partial charge in [0, 0.05) is 0 Å². The largest absolute Gasteiger partial charge is 0.0585 e. The summed E-state index contributed by atoms with van der Waals surface area (Å²) in [5.74, 6) is 0.478. The Labute approximate surface area is 193 Å². The Balaban J connectivity index is 2.65. The molecule has 0 spiro atoms. The van der Waals surface area contributed by atoms with Crippen LogP contribution in [-0.2, 0) is 28.1 Å². The van der Waals surface area contributed by atoms with Crippen molar-refractivity contribution in [2.45, 2.75) is 124 Å². The Morgan fingerprint density at radius 1 is 0.548 bits per heavy atom. The average Bonchev–Trinajstić information content (AvgIpc) is 2.57. The van der Waals surface area contributed by atoms with Crippen LogP contribution in [0.1, 0.15) is 129 Å². The zero-order valence-electron chi connectivity index (χ0n) is 22.7. The monoisotopic (exact) mass is 420 g/mol. The summed E-state index contributed by atoms with van der Waals surface area (Å²) in [6.07, 6.45) is 1.08. The van der Waals surface area contributed by atoms with Crippen LogP contribution in [0.2, 0.25) is 0 Å². The molecule has 0 heteroatoms. The second-order valence-electron chi connectivity index (χ2n) is 13.7. The van der Waals surface area contributed by atoms with E-state index in [1.165, 1.54) is 22.3 Å². The molecule has 0 aliphatic heterocycles. The Morgan fingerprint density at radius 2 is 1.00 bits per heavy atom. The highest BCUT2D eigenvalue weighted by molar-refractivity contribution is 5.50. The molecule has 0 fully saturated rings. The van der Waals surface area contributed by atoms with E-state index < -0.39 is 0 Å². The molecule has 0 radical (unpaired) electrons.